The van der Waals surface area contributed by atoms with Gasteiger partial charge in [0, 0.05) is 31.0 Å². The maximum absolute atomic E-state index is 12.3. The van der Waals surface area contributed by atoms with Crippen molar-refractivity contribution in [3.63, 3.8) is 0 Å². The van der Waals surface area contributed by atoms with Crippen LogP contribution in [0, 0.1) is 0 Å². The predicted octanol–water partition coefficient (Wildman–Crippen LogP) is 1.08. The predicted molar refractivity (Wildman–Crippen MR) is 78.0 cm³/mol. The molecule has 0 atom stereocenters. The Hall–Kier alpha value is -1.64. The second-order valence-electron chi connectivity index (χ2n) is 4.55. The number of sulfonamides is 1. The van der Waals surface area contributed by atoms with Crippen LogP contribution in [0.2, 0.25) is 0 Å². The van der Waals surface area contributed by atoms with Gasteiger partial charge in [0.1, 0.15) is 6.26 Å². The van der Waals surface area contributed by atoms with Gasteiger partial charge in [0.15, 0.2) is 0 Å². The molecule has 0 saturated heterocycles. The molecule has 0 spiro atoms. The molecule has 0 fully saturated rings. The van der Waals surface area contributed by atoms with Crippen molar-refractivity contribution in [3.8, 4) is 0 Å². The third-order valence-electron chi connectivity index (χ3n) is 3.10. The molecule has 0 aliphatic heterocycles. The summed E-state index contributed by atoms with van der Waals surface area (Å²) in [5.41, 5.74) is 1.49. The van der Waals surface area contributed by atoms with Crippen molar-refractivity contribution >= 4 is 10.0 Å². The minimum absolute atomic E-state index is 0.110. The van der Waals surface area contributed by atoms with E-state index in [0.717, 1.165) is 18.8 Å². The molecular formula is C13H20N4O3S. The number of rotatable bonds is 8. The summed E-state index contributed by atoms with van der Waals surface area (Å²) in [6, 6.07) is 3.31. The molecule has 0 aliphatic rings. The fourth-order valence-electron chi connectivity index (χ4n) is 1.95. The molecule has 8 heteroatoms. The highest BCUT2D eigenvalue weighted by Crippen LogP contribution is 2.15. The Morgan fingerprint density at radius 3 is 2.76 bits per heavy atom. The molecule has 0 radical (unpaired) electrons. The maximum atomic E-state index is 12.3. The Morgan fingerprint density at radius 2 is 2.14 bits per heavy atom. The van der Waals surface area contributed by atoms with Crippen LogP contribution in [-0.4, -0.2) is 24.7 Å². The second kappa shape index (κ2) is 6.88. The average molecular weight is 312 g/mol. The van der Waals surface area contributed by atoms with Crippen molar-refractivity contribution in [3.05, 3.63) is 36.0 Å². The lowest BCUT2D eigenvalue weighted by molar-refractivity contribution is 0.411. The van der Waals surface area contributed by atoms with Gasteiger partial charge in [-0.2, -0.15) is 0 Å². The van der Waals surface area contributed by atoms with Crippen molar-refractivity contribution in [1.29, 1.82) is 0 Å². The molecule has 2 rings (SSSR count). The average Bonchev–Trinajstić information content (AvgIpc) is 3.12. The van der Waals surface area contributed by atoms with E-state index < -0.39 is 10.0 Å². The molecule has 0 aliphatic carbocycles. The summed E-state index contributed by atoms with van der Waals surface area (Å²) >= 11 is 0. The van der Waals surface area contributed by atoms with Crippen molar-refractivity contribution < 1.29 is 12.9 Å². The van der Waals surface area contributed by atoms with E-state index in [1.807, 2.05) is 18.4 Å². The molecule has 0 saturated carbocycles. The van der Waals surface area contributed by atoms with E-state index >= 15 is 0 Å². The Bertz CT molecular complexity index is 662. The van der Waals surface area contributed by atoms with E-state index in [2.05, 4.69) is 19.7 Å². The fourth-order valence-corrected chi connectivity index (χ4v) is 3.01. The Morgan fingerprint density at radius 1 is 1.33 bits per heavy atom. The first-order valence-electron chi connectivity index (χ1n) is 6.85. The summed E-state index contributed by atoms with van der Waals surface area (Å²) in [6.07, 6.45) is 3.06. The van der Waals surface area contributed by atoms with Crippen molar-refractivity contribution in [2.24, 2.45) is 0 Å². The highest BCUT2D eigenvalue weighted by Gasteiger charge is 2.18. The Labute approximate surface area is 124 Å². The van der Waals surface area contributed by atoms with E-state index in [0.29, 0.717) is 12.2 Å². The van der Waals surface area contributed by atoms with Gasteiger partial charge in [0.05, 0.1) is 17.1 Å². The van der Waals surface area contributed by atoms with Gasteiger partial charge in [-0.1, -0.05) is 12.1 Å². The number of hydrogen-bond acceptors (Lipinski definition) is 5. The summed E-state index contributed by atoms with van der Waals surface area (Å²) in [5.74, 6) is 0. The number of aryl methyl sites for hydroxylation is 1. The standard InChI is InChI=1S/C13H20N4O3S/c1-3-14-9-12-7-13(10-17(12)4-2)21(18,19)15-8-11-5-6-20-16-11/h5-7,10,14-15H,3-4,8-9H2,1-2H3. The van der Waals surface area contributed by atoms with Crippen LogP contribution in [0.4, 0.5) is 0 Å². The largest absolute Gasteiger partial charge is 0.364 e. The maximum Gasteiger partial charge on any atom is 0.242 e. The third kappa shape index (κ3) is 3.93. The molecule has 2 aromatic rings. The molecule has 116 valence electrons. The molecule has 21 heavy (non-hydrogen) atoms. The zero-order valence-corrected chi connectivity index (χ0v) is 13.0. The first-order chi connectivity index (χ1) is 10.1. The second-order valence-corrected chi connectivity index (χ2v) is 6.32. The summed E-state index contributed by atoms with van der Waals surface area (Å²) in [5, 5.41) is 6.88. The smallest absolute Gasteiger partial charge is 0.242 e. The molecule has 0 bridgehead atoms. The van der Waals surface area contributed by atoms with Gasteiger partial charge in [-0.3, -0.25) is 0 Å². The van der Waals surface area contributed by atoms with Crippen LogP contribution in [0.3, 0.4) is 0 Å². The quantitative estimate of drug-likeness (QED) is 0.761. The van der Waals surface area contributed by atoms with Crippen LogP contribution in [0.25, 0.3) is 0 Å². The summed E-state index contributed by atoms with van der Waals surface area (Å²) in [7, 11) is -3.55. The number of nitrogens with one attached hydrogen (secondary N) is 2. The molecule has 0 aromatic carbocycles. The van der Waals surface area contributed by atoms with Crippen LogP contribution in [-0.2, 0) is 29.7 Å². The van der Waals surface area contributed by atoms with E-state index in [9.17, 15) is 8.42 Å². The van der Waals surface area contributed by atoms with Gasteiger partial charge in [-0.15, -0.1) is 0 Å². The highest BCUT2D eigenvalue weighted by molar-refractivity contribution is 7.89. The zero-order chi connectivity index (χ0) is 15.3. The first-order valence-corrected chi connectivity index (χ1v) is 8.33. The lowest BCUT2D eigenvalue weighted by Crippen LogP contribution is -2.23. The summed E-state index contributed by atoms with van der Waals surface area (Å²) in [6.45, 7) is 6.30. The van der Waals surface area contributed by atoms with E-state index in [1.165, 1.54) is 6.26 Å². The van der Waals surface area contributed by atoms with Gasteiger partial charge in [0.2, 0.25) is 10.0 Å². The molecule has 7 nitrogen and oxygen atoms in total. The van der Waals surface area contributed by atoms with Crippen molar-refractivity contribution in [2.45, 2.75) is 38.4 Å². The van der Waals surface area contributed by atoms with Gasteiger partial charge in [-0.05, 0) is 19.5 Å². The Kier molecular flexibility index (Phi) is 5.16. The molecular weight excluding hydrogens is 292 g/mol. The van der Waals surface area contributed by atoms with E-state index in [-0.39, 0.29) is 11.4 Å². The third-order valence-corrected chi connectivity index (χ3v) is 4.47. The highest BCUT2D eigenvalue weighted by atomic mass is 32.2. The van der Waals surface area contributed by atoms with Gasteiger partial charge in [0.25, 0.3) is 0 Å². The summed E-state index contributed by atoms with van der Waals surface area (Å²) < 4.78 is 33.7. The van der Waals surface area contributed by atoms with Crippen molar-refractivity contribution in [2.75, 3.05) is 6.54 Å². The Balaban J connectivity index is 2.13. The SMILES string of the molecule is CCNCc1cc(S(=O)(=O)NCc2ccon2)cn1CC. The minimum Gasteiger partial charge on any atom is -0.364 e. The number of aromatic nitrogens is 2. The summed E-state index contributed by atoms with van der Waals surface area (Å²) in [4.78, 5) is 0.265. The van der Waals surface area contributed by atoms with E-state index in [4.69, 9.17) is 0 Å². The lowest BCUT2D eigenvalue weighted by atomic mass is 10.4. The van der Waals surface area contributed by atoms with E-state index in [1.54, 1.807) is 18.3 Å². The van der Waals surface area contributed by atoms with Crippen LogP contribution in [0.5, 0.6) is 0 Å². The number of hydrogen-bond donors (Lipinski definition) is 2. The van der Waals surface area contributed by atoms with Gasteiger partial charge in [-0.25, -0.2) is 13.1 Å². The topological polar surface area (TPSA) is 89.2 Å². The van der Waals surface area contributed by atoms with Crippen LogP contribution in [0.15, 0.2) is 34.0 Å². The molecule has 0 amide bonds. The first kappa shape index (κ1) is 15.7. The fraction of sp³-hybridized carbons (Fsp3) is 0.462. The van der Waals surface area contributed by atoms with Crippen LogP contribution in [0.1, 0.15) is 25.2 Å². The van der Waals surface area contributed by atoms with Crippen LogP contribution >= 0.6 is 0 Å². The molecule has 2 N–H and O–H groups in total. The minimum atomic E-state index is -3.55. The van der Waals surface area contributed by atoms with Gasteiger partial charge < -0.3 is 14.4 Å². The monoisotopic (exact) mass is 312 g/mol. The lowest BCUT2D eigenvalue weighted by Gasteiger charge is -2.05. The molecule has 2 heterocycles. The zero-order valence-electron chi connectivity index (χ0n) is 12.2. The van der Waals surface area contributed by atoms with Gasteiger partial charge >= 0.3 is 0 Å². The normalized spacial score (nSPS) is 11.9. The van der Waals surface area contributed by atoms with Crippen LogP contribution < -0.4 is 10.0 Å². The van der Waals surface area contributed by atoms with Crippen molar-refractivity contribution in [1.82, 2.24) is 19.8 Å². The molecule has 2 aromatic heterocycles. The number of nitrogens with zero attached hydrogens (tertiary/aromatic N) is 2. The molecule has 0 unspecified atom stereocenters.